The Hall–Kier alpha value is -0.640. The second-order valence-corrected chi connectivity index (χ2v) is 3.01. The minimum atomic E-state index is -2.38. The molecule has 11 heavy (non-hydrogen) atoms. The fraction of sp³-hybridized carbons (Fsp3) is 0.286. The van der Waals surface area contributed by atoms with Crippen molar-refractivity contribution in [2.24, 2.45) is 0 Å². The highest BCUT2D eigenvalue weighted by Gasteiger charge is 2.05. The third kappa shape index (κ3) is 2.84. The second kappa shape index (κ2) is 3.67. The van der Waals surface area contributed by atoms with Crippen LogP contribution in [0.1, 0.15) is 5.69 Å². The average Bonchev–Trinajstić information content (AvgIpc) is 1.85. The standard InChI is InChI=1S/C7H7F2NS/c1-5-3-2-4-6(10-5)11-7(8)9/h2-4,7H,1H3. The molecule has 1 aromatic rings. The number of thioether (sulfide) groups is 1. The number of pyridine rings is 1. The van der Waals surface area contributed by atoms with Crippen LogP contribution in [0.3, 0.4) is 0 Å². The van der Waals surface area contributed by atoms with Gasteiger partial charge in [-0.3, -0.25) is 0 Å². The first kappa shape index (κ1) is 8.46. The molecule has 1 nitrogen and oxygen atoms in total. The third-order valence-electron chi connectivity index (χ3n) is 1.07. The molecule has 0 amide bonds. The molecule has 0 spiro atoms. The molecule has 1 heterocycles. The highest BCUT2D eigenvalue weighted by atomic mass is 32.2. The molecule has 0 fully saturated rings. The summed E-state index contributed by atoms with van der Waals surface area (Å²) in [6.45, 7) is 1.77. The van der Waals surface area contributed by atoms with E-state index < -0.39 is 5.76 Å². The lowest BCUT2D eigenvalue weighted by molar-refractivity contribution is 0.252. The van der Waals surface area contributed by atoms with Gasteiger partial charge in [-0.1, -0.05) is 6.07 Å². The van der Waals surface area contributed by atoms with Gasteiger partial charge in [-0.05, 0) is 30.8 Å². The van der Waals surface area contributed by atoms with Crippen LogP contribution in [-0.4, -0.2) is 10.7 Å². The molecule has 0 unspecified atom stereocenters. The van der Waals surface area contributed by atoms with E-state index in [0.29, 0.717) is 16.8 Å². The van der Waals surface area contributed by atoms with Crippen LogP contribution >= 0.6 is 11.8 Å². The first-order valence-electron chi connectivity index (χ1n) is 3.07. The van der Waals surface area contributed by atoms with Gasteiger partial charge in [0.15, 0.2) is 0 Å². The minimum absolute atomic E-state index is 0.375. The Bertz CT molecular complexity index is 240. The smallest absolute Gasteiger partial charge is 0.247 e. The van der Waals surface area contributed by atoms with E-state index in [2.05, 4.69) is 4.98 Å². The zero-order valence-electron chi connectivity index (χ0n) is 5.92. The Morgan fingerprint density at radius 2 is 2.18 bits per heavy atom. The fourth-order valence-corrected chi connectivity index (χ4v) is 1.21. The van der Waals surface area contributed by atoms with Gasteiger partial charge < -0.3 is 0 Å². The van der Waals surface area contributed by atoms with E-state index in [1.165, 1.54) is 0 Å². The molecular formula is C7H7F2NS. The van der Waals surface area contributed by atoms with E-state index in [1.807, 2.05) is 0 Å². The lowest BCUT2D eigenvalue weighted by Gasteiger charge is -1.98. The molecule has 0 aliphatic carbocycles. The maximum Gasteiger partial charge on any atom is 0.290 e. The molecular weight excluding hydrogens is 168 g/mol. The Morgan fingerprint density at radius 3 is 2.73 bits per heavy atom. The van der Waals surface area contributed by atoms with Crippen LogP contribution < -0.4 is 0 Å². The van der Waals surface area contributed by atoms with Crippen molar-refractivity contribution in [3.8, 4) is 0 Å². The average molecular weight is 175 g/mol. The first-order chi connectivity index (χ1) is 5.18. The van der Waals surface area contributed by atoms with Crippen molar-refractivity contribution in [3.05, 3.63) is 23.9 Å². The van der Waals surface area contributed by atoms with Crippen molar-refractivity contribution >= 4 is 11.8 Å². The summed E-state index contributed by atoms with van der Waals surface area (Å²) < 4.78 is 23.6. The van der Waals surface area contributed by atoms with Crippen molar-refractivity contribution < 1.29 is 8.78 Å². The van der Waals surface area contributed by atoms with Gasteiger partial charge >= 0.3 is 0 Å². The maximum atomic E-state index is 11.8. The van der Waals surface area contributed by atoms with E-state index >= 15 is 0 Å². The number of nitrogens with zero attached hydrogens (tertiary/aromatic N) is 1. The van der Waals surface area contributed by atoms with Crippen LogP contribution in [0.5, 0.6) is 0 Å². The minimum Gasteiger partial charge on any atom is -0.247 e. The lowest BCUT2D eigenvalue weighted by atomic mass is 10.4. The molecule has 0 radical (unpaired) electrons. The number of hydrogen-bond acceptors (Lipinski definition) is 2. The van der Waals surface area contributed by atoms with Crippen LogP contribution in [0.2, 0.25) is 0 Å². The molecule has 0 aromatic carbocycles. The fourth-order valence-electron chi connectivity index (χ4n) is 0.675. The summed E-state index contributed by atoms with van der Waals surface area (Å²) in [6.07, 6.45) is 0. The largest absolute Gasteiger partial charge is 0.290 e. The number of aryl methyl sites for hydroxylation is 1. The molecule has 0 aliphatic heterocycles. The van der Waals surface area contributed by atoms with E-state index in [9.17, 15) is 8.78 Å². The van der Waals surface area contributed by atoms with Gasteiger partial charge in [-0.25, -0.2) is 4.98 Å². The van der Waals surface area contributed by atoms with Crippen molar-refractivity contribution in [1.29, 1.82) is 0 Å². The number of rotatable bonds is 2. The predicted octanol–water partition coefficient (Wildman–Crippen LogP) is 2.70. The summed E-state index contributed by atoms with van der Waals surface area (Å²) in [4.78, 5) is 3.90. The van der Waals surface area contributed by atoms with Crippen LogP contribution in [0.15, 0.2) is 23.2 Å². The normalized spacial score (nSPS) is 10.5. The Labute approximate surface area is 67.8 Å². The van der Waals surface area contributed by atoms with Crippen molar-refractivity contribution in [2.45, 2.75) is 17.7 Å². The molecule has 0 saturated heterocycles. The summed E-state index contributed by atoms with van der Waals surface area (Å²) in [5, 5.41) is 0.375. The molecule has 0 aliphatic rings. The van der Waals surface area contributed by atoms with Crippen LogP contribution in [0.25, 0.3) is 0 Å². The Kier molecular flexibility index (Phi) is 2.82. The van der Waals surface area contributed by atoms with Crippen molar-refractivity contribution in [2.75, 3.05) is 0 Å². The maximum absolute atomic E-state index is 11.8. The zero-order chi connectivity index (χ0) is 8.27. The highest BCUT2D eigenvalue weighted by molar-refractivity contribution is 7.99. The highest BCUT2D eigenvalue weighted by Crippen LogP contribution is 2.22. The molecule has 1 aromatic heterocycles. The predicted molar refractivity (Wildman–Crippen MR) is 40.8 cm³/mol. The van der Waals surface area contributed by atoms with E-state index in [0.717, 1.165) is 5.69 Å². The second-order valence-electron chi connectivity index (χ2n) is 2.00. The van der Waals surface area contributed by atoms with Gasteiger partial charge in [-0.2, -0.15) is 8.78 Å². The van der Waals surface area contributed by atoms with Crippen LogP contribution in [-0.2, 0) is 0 Å². The van der Waals surface area contributed by atoms with Gasteiger partial charge in [0, 0.05) is 5.69 Å². The monoisotopic (exact) mass is 175 g/mol. The number of halogens is 2. The quantitative estimate of drug-likeness (QED) is 0.641. The van der Waals surface area contributed by atoms with Gasteiger partial charge in [0.05, 0.1) is 0 Å². The molecule has 0 N–H and O–H groups in total. The van der Waals surface area contributed by atoms with E-state index in [1.54, 1.807) is 25.1 Å². The van der Waals surface area contributed by atoms with Gasteiger partial charge in [-0.15, -0.1) is 0 Å². The summed E-state index contributed by atoms with van der Waals surface area (Å²) in [5.74, 6) is -2.38. The number of alkyl halides is 2. The zero-order valence-corrected chi connectivity index (χ0v) is 6.74. The number of hydrogen-bond donors (Lipinski definition) is 0. The summed E-state index contributed by atoms with van der Waals surface area (Å²) in [7, 11) is 0. The SMILES string of the molecule is Cc1cccc(SC(F)F)n1. The van der Waals surface area contributed by atoms with E-state index in [4.69, 9.17) is 0 Å². The van der Waals surface area contributed by atoms with Gasteiger partial charge in [0.2, 0.25) is 0 Å². The number of aromatic nitrogens is 1. The molecule has 1 rings (SSSR count). The molecule has 0 bridgehead atoms. The summed E-state index contributed by atoms with van der Waals surface area (Å²) in [5.41, 5.74) is 0.760. The van der Waals surface area contributed by atoms with Crippen molar-refractivity contribution in [3.63, 3.8) is 0 Å². The molecule has 4 heteroatoms. The van der Waals surface area contributed by atoms with Crippen molar-refractivity contribution in [1.82, 2.24) is 4.98 Å². The molecule has 0 atom stereocenters. The van der Waals surface area contributed by atoms with Gasteiger partial charge in [0.1, 0.15) is 5.03 Å². The Balaban J connectivity index is 2.71. The third-order valence-corrected chi connectivity index (χ3v) is 1.72. The Morgan fingerprint density at radius 1 is 1.45 bits per heavy atom. The molecule has 60 valence electrons. The van der Waals surface area contributed by atoms with E-state index in [-0.39, 0.29) is 0 Å². The van der Waals surface area contributed by atoms with Gasteiger partial charge in [0.25, 0.3) is 5.76 Å². The topological polar surface area (TPSA) is 12.9 Å². The summed E-state index contributed by atoms with van der Waals surface area (Å²) in [6, 6.07) is 5.06. The lowest BCUT2D eigenvalue weighted by Crippen LogP contribution is -1.86. The van der Waals surface area contributed by atoms with Crippen LogP contribution in [0.4, 0.5) is 8.78 Å². The van der Waals surface area contributed by atoms with Crippen LogP contribution in [0, 0.1) is 6.92 Å². The summed E-state index contributed by atoms with van der Waals surface area (Å²) >= 11 is 0.468. The first-order valence-corrected chi connectivity index (χ1v) is 3.95. The molecule has 0 saturated carbocycles.